The van der Waals surface area contributed by atoms with Gasteiger partial charge in [-0.3, -0.25) is 0 Å². The number of phenolic OH excluding ortho intramolecular Hbond substituents is 1. The van der Waals surface area contributed by atoms with E-state index in [9.17, 15) is 5.11 Å². The molecular weight excluding hydrogens is 208 g/mol. The first kappa shape index (κ1) is 12.2. The Kier molecular flexibility index (Phi) is 3.88. The molecule has 0 aromatic heterocycles. The minimum Gasteiger partial charge on any atom is -0.508 e. The lowest BCUT2D eigenvalue weighted by atomic mass is 9.89. The summed E-state index contributed by atoms with van der Waals surface area (Å²) in [5.74, 6) is 0.400. The van der Waals surface area contributed by atoms with Gasteiger partial charge in [-0.05, 0) is 63.1 Å². The van der Waals surface area contributed by atoms with Crippen molar-refractivity contribution in [1.29, 1.82) is 0 Å². The van der Waals surface area contributed by atoms with Crippen LogP contribution in [0.4, 0.5) is 0 Å². The topological polar surface area (TPSA) is 20.2 Å². The lowest BCUT2D eigenvalue weighted by molar-refractivity contribution is 0.471. The summed E-state index contributed by atoms with van der Waals surface area (Å²) in [4.78, 5) is 0. The van der Waals surface area contributed by atoms with Gasteiger partial charge in [-0.2, -0.15) is 0 Å². The minimum atomic E-state index is 0.400. The van der Waals surface area contributed by atoms with Gasteiger partial charge < -0.3 is 5.11 Å². The standard InChI is InChI=1S/C16H22O/c1-12(15-6-4-3-5-7-15)10-14-8-9-16(17)13(2)11-14/h8-9,11,17H,3-7,10H2,1-2H3. The highest BCUT2D eigenvalue weighted by molar-refractivity contribution is 5.37. The minimum absolute atomic E-state index is 0.400. The number of benzene rings is 1. The first-order chi connectivity index (χ1) is 8.16. The van der Waals surface area contributed by atoms with Crippen molar-refractivity contribution >= 4 is 0 Å². The Morgan fingerprint density at radius 2 is 1.88 bits per heavy atom. The van der Waals surface area contributed by atoms with Gasteiger partial charge in [-0.15, -0.1) is 0 Å². The Morgan fingerprint density at radius 3 is 2.53 bits per heavy atom. The van der Waals surface area contributed by atoms with Gasteiger partial charge in [0.05, 0.1) is 0 Å². The molecule has 0 heterocycles. The van der Waals surface area contributed by atoms with Crippen molar-refractivity contribution in [2.45, 2.75) is 52.4 Å². The van der Waals surface area contributed by atoms with E-state index in [0.717, 1.165) is 12.0 Å². The molecule has 0 amide bonds. The zero-order valence-electron chi connectivity index (χ0n) is 10.9. The van der Waals surface area contributed by atoms with E-state index in [-0.39, 0.29) is 0 Å². The number of aromatic hydroxyl groups is 1. The van der Waals surface area contributed by atoms with Gasteiger partial charge in [0, 0.05) is 0 Å². The van der Waals surface area contributed by atoms with Crippen molar-refractivity contribution in [3.05, 3.63) is 40.5 Å². The summed E-state index contributed by atoms with van der Waals surface area (Å²) in [6, 6.07) is 5.95. The van der Waals surface area contributed by atoms with Crippen LogP contribution in [0.1, 0.15) is 50.2 Å². The fourth-order valence-corrected chi connectivity index (χ4v) is 2.66. The fourth-order valence-electron chi connectivity index (χ4n) is 2.66. The first-order valence-electron chi connectivity index (χ1n) is 6.63. The lowest BCUT2D eigenvalue weighted by Gasteiger charge is -2.17. The second-order valence-electron chi connectivity index (χ2n) is 5.24. The molecule has 0 spiro atoms. The molecule has 17 heavy (non-hydrogen) atoms. The Hall–Kier alpha value is -1.24. The van der Waals surface area contributed by atoms with Crippen LogP contribution in [0.25, 0.3) is 0 Å². The van der Waals surface area contributed by atoms with E-state index >= 15 is 0 Å². The molecule has 1 aliphatic carbocycles. The molecule has 0 saturated heterocycles. The number of rotatable bonds is 2. The molecule has 1 fully saturated rings. The van der Waals surface area contributed by atoms with Gasteiger partial charge >= 0.3 is 0 Å². The van der Waals surface area contributed by atoms with E-state index in [1.807, 2.05) is 19.1 Å². The number of hydrogen-bond acceptors (Lipinski definition) is 1. The molecule has 0 bridgehead atoms. The van der Waals surface area contributed by atoms with Gasteiger partial charge in [-0.1, -0.05) is 29.7 Å². The highest BCUT2D eigenvalue weighted by atomic mass is 16.3. The second-order valence-corrected chi connectivity index (χ2v) is 5.24. The van der Waals surface area contributed by atoms with E-state index in [4.69, 9.17) is 0 Å². The van der Waals surface area contributed by atoms with E-state index in [1.165, 1.54) is 43.2 Å². The summed E-state index contributed by atoms with van der Waals surface area (Å²) < 4.78 is 0. The highest BCUT2D eigenvalue weighted by Crippen LogP contribution is 2.27. The van der Waals surface area contributed by atoms with E-state index in [1.54, 1.807) is 5.57 Å². The van der Waals surface area contributed by atoms with Crippen LogP contribution >= 0.6 is 0 Å². The Bertz CT molecular complexity index is 421. The van der Waals surface area contributed by atoms with Crippen LogP contribution in [0.3, 0.4) is 0 Å². The second kappa shape index (κ2) is 5.39. The summed E-state index contributed by atoms with van der Waals surface area (Å²) >= 11 is 0. The third-order valence-corrected chi connectivity index (χ3v) is 3.79. The maximum absolute atomic E-state index is 9.51. The Balaban J connectivity index is 2.11. The zero-order valence-corrected chi connectivity index (χ0v) is 10.9. The summed E-state index contributed by atoms with van der Waals surface area (Å²) in [7, 11) is 0. The van der Waals surface area contributed by atoms with Crippen LogP contribution in [-0.2, 0) is 6.42 Å². The largest absolute Gasteiger partial charge is 0.508 e. The molecular formula is C16H22O. The molecule has 1 aliphatic rings. The molecule has 1 nitrogen and oxygen atoms in total. The van der Waals surface area contributed by atoms with Crippen LogP contribution in [0.15, 0.2) is 29.3 Å². The van der Waals surface area contributed by atoms with Crippen molar-refractivity contribution < 1.29 is 5.11 Å². The van der Waals surface area contributed by atoms with Crippen LogP contribution in [-0.4, -0.2) is 5.11 Å². The van der Waals surface area contributed by atoms with Gasteiger partial charge in [0.2, 0.25) is 0 Å². The van der Waals surface area contributed by atoms with Crippen molar-refractivity contribution in [2.24, 2.45) is 0 Å². The van der Waals surface area contributed by atoms with Gasteiger partial charge in [0.25, 0.3) is 0 Å². The molecule has 1 saturated carbocycles. The molecule has 0 radical (unpaired) electrons. The molecule has 0 aliphatic heterocycles. The molecule has 1 N–H and O–H groups in total. The van der Waals surface area contributed by atoms with Crippen LogP contribution in [0.5, 0.6) is 5.75 Å². The van der Waals surface area contributed by atoms with Crippen LogP contribution in [0, 0.1) is 6.92 Å². The molecule has 1 aromatic carbocycles. The maximum Gasteiger partial charge on any atom is 0.118 e. The molecule has 1 heteroatoms. The summed E-state index contributed by atoms with van der Waals surface area (Å²) in [5.41, 5.74) is 5.50. The van der Waals surface area contributed by atoms with E-state index in [2.05, 4.69) is 13.0 Å². The fraction of sp³-hybridized carbons (Fsp3) is 0.500. The third-order valence-electron chi connectivity index (χ3n) is 3.79. The Morgan fingerprint density at radius 1 is 1.18 bits per heavy atom. The highest BCUT2D eigenvalue weighted by Gasteiger charge is 2.09. The van der Waals surface area contributed by atoms with Crippen molar-refractivity contribution in [1.82, 2.24) is 0 Å². The molecule has 0 atom stereocenters. The average molecular weight is 230 g/mol. The predicted molar refractivity (Wildman–Crippen MR) is 72.3 cm³/mol. The maximum atomic E-state index is 9.51. The molecule has 0 unspecified atom stereocenters. The lowest BCUT2D eigenvalue weighted by Crippen LogP contribution is -1.99. The van der Waals surface area contributed by atoms with Gasteiger partial charge in [0.15, 0.2) is 0 Å². The van der Waals surface area contributed by atoms with E-state index in [0.29, 0.717) is 5.75 Å². The SMILES string of the molecule is CC(Cc1ccc(O)c(C)c1)=C1CCCCC1. The average Bonchev–Trinajstić information content (AvgIpc) is 2.35. The smallest absolute Gasteiger partial charge is 0.118 e. The molecule has 2 rings (SSSR count). The number of phenols is 1. The summed E-state index contributed by atoms with van der Waals surface area (Å²) in [6.45, 7) is 4.23. The first-order valence-corrected chi connectivity index (χ1v) is 6.63. The third kappa shape index (κ3) is 3.12. The summed E-state index contributed by atoms with van der Waals surface area (Å²) in [5, 5.41) is 9.51. The van der Waals surface area contributed by atoms with Gasteiger partial charge in [0.1, 0.15) is 5.75 Å². The van der Waals surface area contributed by atoms with E-state index < -0.39 is 0 Å². The van der Waals surface area contributed by atoms with Crippen LogP contribution < -0.4 is 0 Å². The van der Waals surface area contributed by atoms with Gasteiger partial charge in [-0.25, -0.2) is 0 Å². The van der Waals surface area contributed by atoms with Crippen molar-refractivity contribution in [3.8, 4) is 5.75 Å². The number of aryl methyl sites for hydroxylation is 1. The number of hydrogen-bond donors (Lipinski definition) is 1. The normalized spacial score (nSPS) is 16.0. The quantitative estimate of drug-likeness (QED) is 0.740. The predicted octanol–water partition coefficient (Wildman–Crippen LogP) is 4.52. The molecule has 1 aromatic rings. The van der Waals surface area contributed by atoms with Crippen LogP contribution in [0.2, 0.25) is 0 Å². The number of allylic oxidation sites excluding steroid dienone is 2. The molecule has 92 valence electrons. The zero-order chi connectivity index (χ0) is 12.3. The Labute approximate surface area is 104 Å². The summed E-state index contributed by atoms with van der Waals surface area (Å²) in [6.07, 6.45) is 7.75. The monoisotopic (exact) mass is 230 g/mol. The van der Waals surface area contributed by atoms with Crippen molar-refractivity contribution in [2.75, 3.05) is 0 Å². The van der Waals surface area contributed by atoms with Crippen molar-refractivity contribution in [3.63, 3.8) is 0 Å².